The second-order valence-electron chi connectivity index (χ2n) is 7.59. The fourth-order valence-corrected chi connectivity index (χ4v) is 3.89. The summed E-state index contributed by atoms with van der Waals surface area (Å²) in [5.41, 5.74) is 2.51. The standard InChI is InChI=1S/C36H21N5OS/c1-4-6-7-8-9-10-11-12-13-14-15-16-17-18-19-21-29-39-36(42)41(43-35-24-20-22-28-38-35)34-26-25-33(31-32(34)3)40(5-2)30-23-27-37/h1,20,22,24-26,28,31H,5,23,30H2,2-3H3,(H,39,42). The van der Waals surface area contributed by atoms with Crippen LogP contribution in [0.3, 0.4) is 0 Å². The summed E-state index contributed by atoms with van der Waals surface area (Å²) in [4.78, 5) is 19.6. The van der Waals surface area contributed by atoms with Crippen LogP contribution in [0.25, 0.3) is 0 Å². The summed E-state index contributed by atoms with van der Waals surface area (Å²) >= 11 is 1.16. The lowest BCUT2D eigenvalue weighted by Crippen LogP contribution is -2.33. The number of aromatic nitrogens is 1. The fraction of sp³-hybridized carbons (Fsp3) is 0.139. The summed E-state index contributed by atoms with van der Waals surface area (Å²) < 4.78 is 1.48. The molecule has 2 rings (SSSR count). The maximum Gasteiger partial charge on any atom is 0.344 e. The Morgan fingerprint density at radius 2 is 1.51 bits per heavy atom. The Hall–Kier alpha value is -6.68. The molecule has 0 atom stereocenters. The monoisotopic (exact) mass is 571 g/mol. The number of nitrogens with zero attached hydrogens (tertiary/aromatic N) is 4. The number of hydrogen-bond acceptors (Lipinski definition) is 5. The van der Waals surface area contributed by atoms with Crippen molar-refractivity contribution in [1.29, 1.82) is 5.26 Å². The smallest absolute Gasteiger partial charge is 0.344 e. The van der Waals surface area contributed by atoms with Crippen molar-refractivity contribution in [1.82, 2.24) is 10.3 Å². The molecule has 0 aliphatic carbocycles. The number of carbonyl (C=O) groups excluding carboxylic acids is 1. The van der Waals surface area contributed by atoms with Gasteiger partial charge in [-0.3, -0.25) is 5.32 Å². The van der Waals surface area contributed by atoms with E-state index in [0.717, 1.165) is 29.7 Å². The number of aryl methyl sites for hydroxylation is 1. The molecule has 2 aromatic rings. The van der Waals surface area contributed by atoms with Crippen LogP contribution in [-0.2, 0) is 0 Å². The van der Waals surface area contributed by atoms with Gasteiger partial charge in [-0.1, -0.05) is 6.07 Å². The van der Waals surface area contributed by atoms with E-state index < -0.39 is 6.03 Å². The minimum atomic E-state index is -0.470. The maximum absolute atomic E-state index is 13.2. The number of amides is 2. The summed E-state index contributed by atoms with van der Waals surface area (Å²) in [6, 6.07) is 15.5. The van der Waals surface area contributed by atoms with Crippen LogP contribution in [-0.4, -0.2) is 24.1 Å². The highest BCUT2D eigenvalue weighted by Crippen LogP contribution is 2.32. The fourth-order valence-electron chi connectivity index (χ4n) is 3.02. The Bertz CT molecular complexity index is 1930. The summed E-state index contributed by atoms with van der Waals surface area (Å²) in [6.07, 6.45) is 7.04. The highest BCUT2D eigenvalue weighted by molar-refractivity contribution is 8.01. The predicted molar refractivity (Wildman–Crippen MR) is 171 cm³/mol. The molecular formula is C36H21N5OS. The molecule has 0 fully saturated rings. The van der Waals surface area contributed by atoms with E-state index in [4.69, 9.17) is 11.7 Å². The lowest BCUT2D eigenvalue weighted by molar-refractivity contribution is 0.253. The van der Waals surface area contributed by atoms with Crippen molar-refractivity contribution in [3.63, 3.8) is 0 Å². The minimum Gasteiger partial charge on any atom is -0.371 e. The van der Waals surface area contributed by atoms with Crippen molar-refractivity contribution in [2.75, 3.05) is 22.3 Å². The number of pyridine rings is 1. The number of hydrogen-bond donors (Lipinski definition) is 1. The molecule has 0 saturated heterocycles. The molecule has 0 radical (unpaired) electrons. The summed E-state index contributed by atoms with van der Waals surface area (Å²) in [5.74, 6) is 39.5. The molecule has 202 valence electrons. The van der Waals surface area contributed by atoms with Crippen LogP contribution in [0.1, 0.15) is 18.9 Å². The molecule has 0 saturated carbocycles. The maximum atomic E-state index is 13.2. The molecule has 1 heterocycles. The Morgan fingerprint density at radius 1 is 0.907 bits per heavy atom. The first-order chi connectivity index (χ1) is 21.1. The Morgan fingerprint density at radius 3 is 2.02 bits per heavy atom. The van der Waals surface area contributed by atoms with Crippen molar-refractivity contribution in [2.45, 2.75) is 25.3 Å². The van der Waals surface area contributed by atoms with Crippen LogP contribution in [0.2, 0.25) is 0 Å². The van der Waals surface area contributed by atoms with Crippen molar-refractivity contribution in [3.8, 4) is 113 Å². The van der Waals surface area contributed by atoms with Gasteiger partial charge in [0.25, 0.3) is 0 Å². The van der Waals surface area contributed by atoms with Gasteiger partial charge in [0.2, 0.25) is 0 Å². The molecule has 7 heteroatoms. The van der Waals surface area contributed by atoms with Crippen molar-refractivity contribution < 1.29 is 4.79 Å². The molecule has 1 aromatic heterocycles. The van der Waals surface area contributed by atoms with Crippen molar-refractivity contribution in [3.05, 3.63) is 48.2 Å². The highest BCUT2D eigenvalue weighted by atomic mass is 32.2. The number of benzene rings is 1. The van der Waals surface area contributed by atoms with E-state index >= 15 is 0 Å². The van der Waals surface area contributed by atoms with E-state index in [2.05, 4.69) is 122 Å². The van der Waals surface area contributed by atoms with Gasteiger partial charge in [-0.25, -0.2) is 14.1 Å². The summed E-state index contributed by atoms with van der Waals surface area (Å²) in [6.45, 7) is 5.33. The van der Waals surface area contributed by atoms with Crippen molar-refractivity contribution in [2.24, 2.45) is 0 Å². The summed E-state index contributed by atoms with van der Waals surface area (Å²) in [5, 5.41) is 12.1. The Kier molecular flexibility index (Phi) is 15.3. The number of urea groups is 1. The number of anilines is 2. The van der Waals surface area contributed by atoms with E-state index in [0.29, 0.717) is 23.7 Å². The zero-order chi connectivity index (χ0) is 31.0. The predicted octanol–water partition coefficient (Wildman–Crippen LogP) is 3.97. The van der Waals surface area contributed by atoms with Crippen molar-refractivity contribution >= 4 is 29.4 Å². The molecule has 6 nitrogen and oxygen atoms in total. The molecule has 1 aromatic carbocycles. The number of nitriles is 1. The lowest BCUT2D eigenvalue weighted by Gasteiger charge is -2.26. The first kappa shape index (κ1) is 32.5. The van der Waals surface area contributed by atoms with E-state index in [1.807, 2.05) is 44.2 Å². The second kappa shape index (κ2) is 20.3. The van der Waals surface area contributed by atoms with E-state index in [1.165, 1.54) is 4.31 Å². The van der Waals surface area contributed by atoms with Crippen LogP contribution < -0.4 is 14.5 Å². The summed E-state index contributed by atoms with van der Waals surface area (Å²) in [7, 11) is 0. The van der Waals surface area contributed by atoms with E-state index in [1.54, 1.807) is 12.3 Å². The first-order valence-electron chi connectivity index (χ1n) is 12.5. The molecule has 0 unspecified atom stereocenters. The molecule has 0 bridgehead atoms. The SMILES string of the molecule is C#CC#CC#CC#CC#CC#CC#CC#CC#CNC(=O)N(Sc1ccccn1)c1ccc(N(CC)CCC#N)cc1C. The molecular weight excluding hydrogens is 550 g/mol. The second-order valence-corrected chi connectivity index (χ2v) is 8.55. The van der Waals surface area contributed by atoms with Crippen LogP contribution >= 0.6 is 11.9 Å². The van der Waals surface area contributed by atoms with Gasteiger partial charge >= 0.3 is 6.03 Å². The average Bonchev–Trinajstić information content (AvgIpc) is 3.02. The van der Waals surface area contributed by atoms with Gasteiger partial charge < -0.3 is 4.90 Å². The quantitative estimate of drug-likeness (QED) is 0.310. The van der Waals surface area contributed by atoms with Gasteiger partial charge in [0.05, 0.1) is 18.2 Å². The zero-order valence-corrected chi connectivity index (χ0v) is 24.2. The normalized spacial score (nSPS) is 7.63. The van der Waals surface area contributed by atoms with Crippen LogP contribution in [0.15, 0.2) is 47.6 Å². The number of rotatable bonds is 7. The molecule has 2 amide bonds. The molecule has 0 aliphatic rings. The van der Waals surface area contributed by atoms with Gasteiger partial charge in [0, 0.05) is 90.3 Å². The topological polar surface area (TPSA) is 72.3 Å². The third-order valence-electron chi connectivity index (χ3n) is 4.83. The van der Waals surface area contributed by atoms with E-state index in [-0.39, 0.29) is 0 Å². The van der Waals surface area contributed by atoms with Gasteiger partial charge in [0.1, 0.15) is 5.03 Å². The van der Waals surface area contributed by atoms with Crippen LogP contribution in [0.5, 0.6) is 0 Å². The Labute approximate surface area is 258 Å². The third-order valence-corrected chi connectivity index (χ3v) is 5.80. The van der Waals surface area contributed by atoms with Gasteiger partial charge in [0.15, 0.2) is 0 Å². The zero-order valence-electron chi connectivity index (χ0n) is 23.3. The van der Waals surface area contributed by atoms with E-state index in [9.17, 15) is 4.79 Å². The van der Waals surface area contributed by atoms with Crippen LogP contribution in [0, 0.1) is 125 Å². The lowest BCUT2D eigenvalue weighted by atomic mass is 10.1. The molecule has 0 spiro atoms. The highest BCUT2D eigenvalue weighted by Gasteiger charge is 2.20. The van der Waals surface area contributed by atoms with Gasteiger partial charge in [-0.05, 0) is 97.1 Å². The van der Waals surface area contributed by atoms with Gasteiger partial charge in [-0.15, -0.1) is 6.42 Å². The Balaban J connectivity index is 2.10. The van der Waals surface area contributed by atoms with Gasteiger partial charge in [-0.2, -0.15) is 5.26 Å². The minimum absolute atomic E-state index is 0.423. The number of terminal acetylenes is 1. The largest absolute Gasteiger partial charge is 0.371 e. The molecule has 1 N–H and O–H groups in total. The molecule has 43 heavy (non-hydrogen) atoms. The number of carbonyl (C=O) groups is 1. The first-order valence-corrected chi connectivity index (χ1v) is 13.2. The number of nitrogens with one attached hydrogen (secondary N) is 1. The molecule has 0 aliphatic heterocycles. The third kappa shape index (κ3) is 12.8. The van der Waals surface area contributed by atoms with Crippen LogP contribution in [0.4, 0.5) is 16.2 Å². The average molecular weight is 572 g/mol.